The summed E-state index contributed by atoms with van der Waals surface area (Å²) in [6.07, 6.45) is 1.10. The quantitative estimate of drug-likeness (QED) is 0.572. The van der Waals surface area contributed by atoms with E-state index in [1.165, 1.54) is 19.2 Å². The van der Waals surface area contributed by atoms with Crippen LogP contribution in [-0.2, 0) is 11.2 Å². The number of aryl methyl sites for hydroxylation is 1. The first-order chi connectivity index (χ1) is 14.0. The number of Topliss-reactive ketones (excluding diaryl/α,β-unsaturated/α-hetero) is 1. The van der Waals surface area contributed by atoms with Crippen molar-refractivity contribution in [2.45, 2.75) is 44.2 Å². The van der Waals surface area contributed by atoms with Gasteiger partial charge in [-0.3, -0.25) is 4.79 Å². The molecule has 1 aliphatic heterocycles. The number of ketones is 1. The number of carbonyl (C=O) groups excluding carboxylic acids is 1. The Bertz CT molecular complexity index is 824. The molecule has 0 amide bonds. The molecule has 1 saturated heterocycles. The van der Waals surface area contributed by atoms with Gasteiger partial charge in [0.25, 0.3) is 0 Å². The molecule has 1 fully saturated rings. The average Bonchev–Trinajstić information content (AvgIpc) is 2.72. The van der Waals surface area contributed by atoms with Crippen LogP contribution in [0.15, 0.2) is 36.5 Å². The SMILES string of the molecule is COc1ccc(CCC(=O)c2ccc(OC3CC(O)CC(CO)O3)cc2O)cn1. The van der Waals surface area contributed by atoms with Crippen molar-refractivity contribution in [3.8, 4) is 17.4 Å². The van der Waals surface area contributed by atoms with Gasteiger partial charge in [-0.1, -0.05) is 6.07 Å². The lowest BCUT2D eigenvalue weighted by Gasteiger charge is -2.32. The van der Waals surface area contributed by atoms with E-state index in [1.54, 1.807) is 18.3 Å². The summed E-state index contributed by atoms with van der Waals surface area (Å²) in [6, 6.07) is 7.99. The first-order valence-corrected chi connectivity index (χ1v) is 9.44. The fraction of sp³-hybridized carbons (Fsp3) is 0.429. The summed E-state index contributed by atoms with van der Waals surface area (Å²) in [4.78, 5) is 16.6. The highest BCUT2D eigenvalue weighted by molar-refractivity contribution is 5.98. The number of hydrogen-bond donors (Lipinski definition) is 3. The lowest BCUT2D eigenvalue weighted by molar-refractivity contribution is -0.184. The minimum absolute atomic E-state index is 0.185. The average molecular weight is 403 g/mol. The highest BCUT2D eigenvalue weighted by Crippen LogP contribution is 2.28. The molecule has 1 aliphatic rings. The van der Waals surface area contributed by atoms with E-state index >= 15 is 0 Å². The van der Waals surface area contributed by atoms with E-state index in [1.807, 2.05) is 6.07 Å². The number of phenolic OH excluding ortho intramolecular Hbond substituents is 1. The highest BCUT2D eigenvalue weighted by atomic mass is 16.7. The predicted molar refractivity (Wildman–Crippen MR) is 103 cm³/mol. The van der Waals surface area contributed by atoms with Gasteiger partial charge in [-0.25, -0.2) is 4.98 Å². The predicted octanol–water partition coefficient (Wildman–Crippen LogP) is 1.85. The summed E-state index contributed by atoms with van der Waals surface area (Å²) in [6.45, 7) is -0.209. The molecule has 2 aromatic rings. The fourth-order valence-electron chi connectivity index (χ4n) is 3.19. The van der Waals surface area contributed by atoms with Gasteiger partial charge in [0.2, 0.25) is 12.2 Å². The van der Waals surface area contributed by atoms with Gasteiger partial charge >= 0.3 is 0 Å². The Morgan fingerprint density at radius 1 is 1.28 bits per heavy atom. The van der Waals surface area contributed by atoms with E-state index in [0.29, 0.717) is 24.5 Å². The van der Waals surface area contributed by atoms with Crippen LogP contribution in [-0.4, -0.2) is 58.3 Å². The molecule has 0 spiro atoms. The monoisotopic (exact) mass is 403 g/mol. The Morgan fingerprint density at radius 2 is 2.10 bits per heavy atom. The van der Waals surface area contributed by atoms with Gasteiger partial charge in [0.1, 0.15) is 11.5 Å². The molecule has 1 aromatic carbocycles. The molecule has 3 unspecified atom stereocenters. The molecular weight excluding hydrogens is 378 g/mol. The molecule has 3 rings (SSSR count). The Kier molecular flexibility index (Phi) is 7.03. The van der Waals surface area contributed by atoms with Crippen LogP contribution < -0.4 is 9.47 Å². The Labute approximate surface area is 168 Å². The first-order valence-electron chi connectivity index (χ1n) is 9.44. The summed E-state index contributed by atoms with van der Waals surface area (Å²) in [5, 5.41) is 29.3. The topological polar surface area (TPSA) is 118 Å². The van der Waals surface area contributed by atoms with Crippen molar-refractivity contribution in [2.24, 2.45) is 0 Å². The van der Waals surface area contributed by atoms with Crippen LogP contribution in [0.3, 0.4) is 0 Å². The molecular formula is C21H25NO7. The molecule has 1 aromatic heterocycles. The number of hydrogen-bond acceptors (Lipinski definition) is 8. The lowest BCUT2D eigenvalue weighted by atomic mass is 10.0. The number of aromatic hydroxyl groups is 1. The van der Waals surface area contributed by atoms with E-state index in [0.717, 1.165) is 5.56 Å². The van der Waals surface area contributed by atoms with Crippen LogP contribution >= 0.6 is 0 Å². The van der Waals surface area contributed by atoms with Crippen LogP contribution in [0.2, 0.25) is 0 Å². The maximum absolute atomic E-state index is 12.5. The summed E-state index contributed by atoms with van der Waals surface area (Å²) in [5.41, 5.74) is 1.10. The normalized spacial score (nSPS) is 21.6. The number of phenols is 1. The number of ether oxygens (including phenoxy) is 3. The number of carbonyl (C=O) groups is 1. The zero-order chi connectivity index (χ0) is 20.8. The maximum atomic E-state index is 12.5. The second kappa shape index (κ2) is 9.69. The number of aromatic nitrogens is 1. The smallest absolute Gasteiger partial charge is 0.212 e. The number of aliphatic hydroxyl groups is 2. The molecule has 8 heteroatoms. The second-order valence-electron chi connectivity index (χ2n) is 6.92. The van der Waals surface area contributed by atoms with E-state index in [-0.39, 0.29) is 36.5 Å². The largest absolute Gasteiger partial charge is 0.507 e. The van der Waals surface area contributed by atoms with Crippen LogP contribution in [0.1, 0.15) is 35.2 Å². The highest BCUT2D eigenvalue weighted by Gasteiger charge is 2.29. The summed E-state index contributed by atoms with van der Waals surface area (Å²) in [5.74, 6) is 0.437. The van der Waals surface area contributed by atoms with Crippen LogP contribution in [0.25, 0.3) is 0 Å². The molecule has 156 valence electrons. The van der Waals surface area contributed by atoms with Gasteiger partial charge in [-0.2, -0.15) is 0 Å². The minimum atomic E-state index is -0.737. The number of benzene rings is 1. The van der Waals surface area contributed by atoms with Gasteiger partial charge < -0.3 is 29.5 Å². The number of nitrogens with zero attached hydrogens (tertiary/aromatic N) is 1. The molecule has 29 heavy (non-hydrogen) atoms. The van der Waals surface area contributed by atoms with Crippen molar-refractivity contribution in [1.82, 2.24) is 4.98 Å². The molecule has 8 nitrogen and oxygen atoms in total. The first kappa shape index (κ1) is 21.0. The Hall–Kier alpha value is -2.68. The minimum Gasteiger partial charge on any atom is -0.507 e. The van der Waals surface area contributed by atoms with Crippen molar-refractivity contribution >= 4 is 5.78 Å². The summed E-state index contributed by atoms with van der Waals surface area (Å²) in [7, 11) is 1.54. The zero-order valence-electron chi connectivity index (χ0n) is 16.2. The maximum Gasteiger partial charge on any atom is 0.212 e. The number of methoxy groups -OCH3 is 1. The van der Waals surface area contributed by atoms with Gasteiger partial charge in [-0.05, 0) is 24.1 Å². The standard InChI is InChI=1S/C21H25NO7/c1-27-20-7-3-13(11-22-20)2-6-18(25)17-5-4-15(10-19(17)26)28-21-9-14(24)8-16(12-23)29-21/h3-5,7,10-11,14,16,21,23-24,26H,2,6,8-9,12H2,1H3. The van der Waals surface area contributed by atoms with Gasteiger partial charge in [0, 0.05) is 37.6 Å². The Morgan fingerprint density at radius 3 is 2.76 bits per heavy atom. The van der Waals surface area contributed by atoms with Crippen molar-refractivity contribution in [2.75, 3.05) is 13.7 Å². The van der Waals surface area contributed by atoms with E-state index in [2.05, 4.69) is 4.98 Å². The molecule has 0 radical (unpaired) electrons. The third kappa shape index (κ3) is 5.66. The molecule has 0 saturated carbocycles. The van der Waals surface area contributed by atoms with Crippen molar-refractivity contribution in [3.63, 3.8) is 0 Å². The number of aliphatic hydroxyl groups excluding tert-OH is 2. The summed E-state index contributed by atoms with van der Waals surface area (Å²) >= 11 is 0. The van der Waals surface area contributed by atoms with Crippen molar-refractivity contribution < 1.29 is 34.3 Å². The van der Waals surface area contributed by atoms with Crippen LogP contribution in [0.5, 0.6) is 17.4 Å². The van der Waals surface area contributed by atoms with Crippen LogP contribution in [0.4, 0.5) is 0 Å². The molecule has 3 atom stereocenters. The third-order valence-corrected chi connectivity index (χ3v) is 4.73. The van der Waals surface area contributed by atoms with Gasteiger partial charge in [0.05, 0.1) is 31.5 Å². The fourth-order valence-corrected chi connectivity index (χ4v) is 3.19. The van der Waals surface area contributed by atoms with Crippen molar-refractivity contribution in [1.29, 1.82) is 0 Å². The second-order valence-corrected chi connectivity index (χ2v) is 6.92. The van der Waals surface area contributed by atoms with Crippen molar-refractivity contribution in [3.05, 3.63) is 47.7 Å². The van der Waals surface area contributed by atoms with Gasteiger partial charge in [0.15, 0.2) is 5.78 Å². The molecule has 0 aliphatic carbocycles. The molecule has 2 heterocycles. The van der Waals surface area contributed by atoms with E-state index in [9.17, 15) is 20.1 Å². The number of pyridine rings is 1. The van der Waals surface area contributed by atoms with Gasteiger partial charge in [-0.15, -0.1) is 0 Å². The summed E-state index contributed by atoms with van der Waals surface area (Å²) < 4.78 is 16.2. The van der Waals surface area contributed by atoms with Crippen LogP contribution in [0, 0.1) is 0 Å². The van der Waals surface area contributed by atoms with E-state index < -0.39 is 18.5 Å². The molecule has 3 N–H and O–H groups in total. The zero-order valence-corrected chi connectivity index (χ0v) is 16.2. The molecule has 0 bridgehead atoms. The third-order valence-electron chi connectivity index (χ3n) is 4.73. The van der Waals surface area contributed by atoms with E-state index in [4.69, 9.17) is 14.2 Å². The number of rotatable bonds is 8. The lowest BCUT2D eigenvalue weighted by Crippen LogP contribution is -2.40. The Balaban J connectivity index is 1.58.